The van der Waals surface area contributed by atoms with Crippen molar-refractivity contribution in [1.82, 2.24) is 25.2 Å². The Kier molecular flexibility index (Phi) is 3.36. The summed E-state index contributed by atoms with van der Waals surface area (Å²) in [6, 6.07) is 0.287. The van der Waals surface area contributed by atoms with Gasteiger partial charge in [-0.1, -0.05) is 5.21 Å². The molecular weight excluding hydrogens is 234 g/mol. The minimum Gasteiger partial charge on any atom is -0.394 e. The number of carbonyl (C=O) groups excluding carboxylic acids is 1. The van der Waals surface area contributed by atoms with E-state index >= 15 is 0 Å². The van der Waals surface area contributed by atoms with Gasteiger partial charge in [-0.15, -0.1) is 5.10 Å². The molecule has 7 heteroatoms. The van der Waals surface area contributed by atoms with E-state index in [0.29, 0.717) is 5.69 Å². The summed E-state index contributed by atoms with van der Waals surface area (Å²) >= 11 is 0. The van der Waals surface area contributed by atoms with Crippen molar-refractivity contribution >= 4 is 5.91 Å². The minimum atomic E-state index is -0.612. The molecule has 7 nitrogen and oxygen atoms in total. The lowest BCUT2D eigenvalue weighted by Gasteiger charge is -2.33. The van der Waals surface area contributed by atoms with Gasteiger partial charge in [0, 0.05) is 20.1 Å². The maximum atomic E-state index is 12.2. The second-order valence-electron chi connectivity index (χ2n) is 5.23. The summed E-state index contributed by atoms with van der Waals surface area (Å²) in [4.78, 5) is 13.7. The molecular formula is C11H19N5O2. The number of hydrogen-bond acceptors (Lipinski definition) is 5. The zero-order valence-electron chi connectivity index (χ0n) is 10.9. The van der Waals surface area contributed by atoms with Crippen molar-refractivity contribution in [2.45, 2.75) is 25.4 Å². The van der Waals surface area contributed by atoms with Crippen LogP contribution in [0.4, 0.5) is 0 Å². The van der Waals surface area contributed by atoms with Gasteiger partial charge in [0.25, 0.3) is 5.91 Å². The summed E-state index contributed by atoms with van der Waals surface area (Å²) in [6.07, 6.45) is 1.66. The Labute approximate surface area is 106 Å². The maximum Gasteiger partial charge on any atom is 0.276 e. The fourth-order valence-electron chi connectivity index (χ4n) is 1.57. The molecule has 1 aromatic heterocycles. The largest absolute Gasteiger partial charge is 0.394 e. The van der Waals surface area contributed by atoms with Gasteiger partial charge in [-0.25, -0.2) is 4.68 Å². The van der Waals surface area contributed by atoms with E-state index in [2.05, 4.69) is 15.6 Å². The van der Waals surface area contributed by atoms with Crippen molar-refractivity contribution in [3.05, 3.63) is 11.9 Å². The highest BCUT2D eigenvalue weighted by Gasteiger charge is 2.30. The summed E-state index contributed by atoms with van der Waals surface area (Å²) in [7, 11) is 1.66. The molecule has 0 aliphatic carbocycles. The standard InChI is InChI=1S/C11H19N5O2/c1-11(2,7-17)15(3)10(18)9-6-16(14-13-9)8-4-12-5-8/h6,8,12,17H,4-5,7H2,1-3H3. The number of nitrogens with zero attached hydrogens (tertiary/aromatic N) is 4. The molecule has 2 N–H and O–H groups in total. The van der Waals surface area contributed by atoms with Crippen LogP contribution in [0, 0.1) is 0 Å². The maximum absolute atomic E-state index is 12.2. The molecule has 0 saturated carbocycles. The van der Waals surface area contributed by atoms with Crippen molar-refractivity contribution in [1.29, 1.82) is 0 Å². The average Bonchev–Trinajstić information content (AvgIpc) is 2.74. The number of nitrogens with one attached hydrogen (secondary N) is 1. The third kappa shape index (κ3) is 2.23. The summed E-state index contributed by atoms with van der Waals surface area (Å²) in [6.45, 7) is 5.20. The van der Waals surface area contributed by atoms with E-state index in [0.717, 1.165) is 13.1 Å². The first-order chi connectivity index (χ1) is 8.45. The number of aromatic nitrogens is 3. The minimum absolute atomic E-state index is 0.101. The summed E-state index contributed by atoms with van der Waals surface area (Å²) < 4.78 is 1.71. The lowest BCUT2D eigenvalue weighted by molar-refractivity contribution is 0.0467. The quantitative estimate of drug-likeness (QED) is 0.739. The van der Waals surface area contributed by atoms with Crippen molar-refractivity contribution in [2.75, 3.05) is 26.7 Å². The van der Waals surface area contributed by atoms with Crippen LogP contribution in [0.25, 0.3) is 0 Å². The SMILES string of the molecule is CN(C(=O)c1cn(C2CNC2)nn1)C(C)(C)CO. The second kappa shape index (κ2) is 4.66. The summed E-state index contributed by atoms with van der Waals surface area (Å²) in [5, 5.41) is 20.3. The van der Waals surface area contributed by atoms with Crippen LogP contribution < -0.4 is 5.32 Å². The van der Waals surface area contributed by atoms with Crippen LogP contribution in [-0.2, 0) is 0 Å². The molecule has 18 heavy (non-hydrogen) atoms. The summed E-state index contributed by atoms with van der Waals surface area (Å²) in [5.41, 5.74) is -0.301. The zero-order valence-corrected chi connectivity index (χ0v) is 10.9. The van der Waals surface area contributed by atoms with Crippen molar-refractivity contribution < 1.29 is 9.90 Å². The third-order valence-corrected chi connectivity index (χ3v) is 3.46. The van der Waals surface area contributed by atoms with Gasteiger partial charge in [0.1, 0.15) is 0 Å². The zero-order chi connectivity index (χ0) is 13.3. The molecule has 1 amide bonds. The smallest absolute Gasteiger partial charge is 0.276 e. The predicted octanol–water partition coefficient (Wildman–Crippen LogP) is -0.735. The van der Waals surface area contributed by atoms with Crippen molar-refractivity contribution in [2.24, 2.45) is 0 Å². The van der Waals surface area contributed by atoms with Gasteiger partial charge in [-0.05, 0) is 13.8 Å². The number of carbonyl (C=O) groups is 1. The van der Waals surface area contributed by atoms with Gasteiger partial charge in [0.15, 0.2) is 5.69 Å². The van der Waals surface area contributed by atoms with Gasteiger partial charge in [-0.3, -0.25) is 4.79 Å². The van der Waals surface area contributed by atoms with Gasteiger partial charge >= 0.3 is 0 Å². The Morgan fingerprint density at radius 2 is 2.33 bits per heavy atom. The van der Waals surface area contributed by atoms with E-state index in [1.54, 1.807) is 31.8 Å². The summed E-state index contributed by atoms with van der Waals surface area (Å²) in [5.74, 6) is -0.229. The van der Waals surface area contributed by atoms with E-state index in [1.807, 2.05) is 0 Å². The molecule has 0 bridgehead atoms. The van der Waals surface area contributed by atoms with Gasteiger partial charge < -0.3 is 15.3 Å². The Bertz CT molecular complexity index is 438. The fourth-order valence-corrected chi connectivity index (χ4v) is 1.57. The molecule has 0 radical (unpaired) electrons. The number of rotatable bonds is 4. The lowest BCUT2D eigenvalue weighted by Crippen LogP contribution is -2.47. The van der Waals surface area contributed by atoms with E-state index < -0.39 is 5.54 Å². The molecule has 1 fully saturated rings. The molecule has 100 valence electrons. The first-order valence-corrected chi connectivity index (χ1v) is 5.97. The van der Waals surface area contributed by atoms with Crippen LogP contribution in [-0.4, -0.2) is 63.2 Å². The van der Waals surface area contributed by atoms with Gasteiger partial charge in [-0.2, -0.15) is 0 Å². The number of hydrogen-bond donors (Lipinski definition) is 2. The van der Waals surface area contributed by atoms with Crippen LogP contribution in [0.1, 0.15) is 30.4 Å². The number of likely N-dealkylation sites (N-methyl/N-ethyl adjacent to an activating group) is 1. The first-order valence-electron chi connectivity index (χ1n) is 5.97. The van der Waals surface area contributed by atoms with Crippen LogP contribution in [0.2, 0.25) is 0 Å². The average molecular weight is 253 g/mol. The van der Waals surface area contributed by atoms with E-state index in [1.165, 1.54) is 4.90 Å². The second-order valence-corrected chi connectivity index (χ2v) is 5.23. The molecule has 1 aromatic rings. The van der Waals surface area contributed by atoms with Crippen molar-refractivity contribution in [3.63, 3.8) is 0 Å². The van der Waals surface area contributed by atoms with E-state index in [9.17, 15) is 9.90 Å². The normalized spacial score (nSPS) is 16.4. The Balaban J connectivity index is 2.11. The van der Waals surface area contributed by atoms with E-state index in [4.69, 9.17) is 0 Å². The first kappa shape index (κ1) is 13.0. The number of aliphatic hydroxyl groups is 1. The Hall–Kier alpha value is -1.47. The monoisotopic (exact) mass is 253 g/mol. The molecule has 2 heterocycles. The molecule has 0 atom stereocenters. The van der Waals surface area contributed by atoms with Crippen LogP contribution >= 0.6 is 0 Å². The van der Waals surface area contributed by atoms with Gasteiger partial charge in [0.05, 0.1) is 24.4 Å². The molecule has 0 aromatic carbocycles. The predicted molar refractivity (Wildman–Crippen MR) is 65.2 cm³/mol. The van der Waals surface area contributed by atoms with E-state index in [-0.39, 0.29) is 18.6 Å². The molecule has 1 aliphatic heterocycles. The molecule has 0 spiro atoms. The Morgan fingerprint density at radius 1 is 1.67 bits per heavy atom. The van der Waals surface area contributed by atoms with Crippen LogP contribution in [0.15, 0.2) is 6.20 Å². The fraction of sp³-hybridized carbons (Fsp3) is 0.727. The molecule has 2 rings (SSSR count). The molecule has 1 saturated heterocycles. The topological polar surface area (TPSA) is 83.3 Å². The highest BCUT2D eigenvalue weighted by molar-refractivity contribution is 5.92. The van der Waals surface area contributed by atoms with Crippen molar-refractivity contribution in [3.8, 4) is 0 Å². The van der Waals surface area contributed by atoms with Gasteiger partial charge in [0.2, 0.25) is 0 Å². The van der Waals surface area contributed by atoms with Crippen LogP contribution in [0.5, 0.6) is 0 Å². The van der Waals surface area contributed by atoms with Crippen LogP contribution in [0.3, 0.4) is 0 Å². The highest BCUT2D eigenvalue weighted by atomic mass is 16.3. The molecule has 0 unspecified atom stereocenters. The number of amides is 1. The third-order valence-electron chi connectivity index (χ3n) is 3.46. The lowest BCUT2D eigenvalue weighted by atomic mass is 10.0. The Morgan fingerprint density at radius 3 is 2.83 bits per heavy atom. The molecule has 1 aliphatic rings. The number of aliphatic hydroxyl groups excluding tert-OH is 1. The highest BCUT2D eigenvalue weighted by Crippen LogP contribution is 2.15.